The fourth-order valence-corrected chi connectivity index (χ4v) is 9.15. The highest BCUT2D eigenvalue weighted by molar-refractivity contribution is 7.60. The van der Waals surface area contributed by atoms with Gasteiger partial charge in [0.1, 0.15) is 18.1 Å². The molecule has 1 heterocycles. The number of benzene rings is 3. The number of hydrogen-bond acceptors (Lipinski definition) is 8. The molecule has 52 heavy (non-hydrogen) atoms. The number of amides is 2. The summed E-state index contributed by atoms with van der Waals surface area (Å²) >= 11 is 0. The van der Waals surface area contributed by atoms with Gasteiger partial charge in [0, 0.05) is 31.8 Å². The van der Waals surface area contributed by atoms with E-state index >= 15 is 4.57 Å². The minimum atomic E-state index is -3.78. The highest BCUT2D eigenvalue weighted by Crippen LogP contribution is 2.57. The molecule has 1 fully saturated rings. The number of carbonyl (C=O) groups excluding carboxylic acids is 2. The van der Waals surface area contributed by atoms with Gasteiger partial charge in [0.15, 0.2) is 13.3 Å². The molecule has 15 heteroatoms. The fraction of sp³-hybridized carbons (Fsp3) is 0.378. The second-order valence-electron chi connectivity index (χ2n) is 12.7. The van der Waals surface area contributed by atoms with Crippen LogP contribution >= 0.6 is 7.29 Å². The first-order valence-corrected chi connectivity index (χ1v) is 19.1. The standard InChI is InChI=1S/C31H36N3O5P.C6H14N4O2/c1-23(32)29(35)33-19-11-18-27(33)30(36)34(28(31(37)38)20-24-12-5-2-6-13-24)40(39,21-25-14-7-3-8-15-25)22-26-16-9-4-10-17-26;7-4(5(11)12)2-1-3-10-6(8)9/h2-10,12-17,23,27-28H,11,18-22,32H2,1H3,(H,37,38);4H,1-3,7H2,(H,11,12)(H4,8,9,10)/t23-,27-,28-;4-/m00/s1. The zero-order valence-corrected chi connectivity index (χ0v) is 30.3. The number of nitrogens with two attached hydrogens (primary N) is 4. The molecule has 10 N–H and O–H groups in total. The van der Waals surface area contributed by atoms with E-state index in [1.807, 2.05) is 66.7 Å². The largest absolute Gasteiger partial charge is 0.480 e. The van der Waals surface area contributed by atoms with Gasteiger partial charge in [-0.2, -0.15) is 0 Å². The Bertz CT molecular complexity index is 1640. The molecular weight excluding hydrogens is 685 g/mol. The summed E-state index contributed by atoms with van der Waals surface area (Å²) < 4.78 is 16.4. The van der Waals surface area contributed by atoms with Crippen molar-refractivity contribution in [3.63, 3.8) is 0 Å². The van der Waals surface area contributed by atoms with Gasteiger partial charge in [-0.15, -0.1) is 0 Å². The van der Waals surface area contributed by atoms with Crippen molar-refractivity contribution >= 4 is 37.0 Å². The summed E-state index contributed by atoms with van der Waals surface area (Å²) in [5.41, 5.74) is 23.4. The molecule has 4 rings (SSSR count). The second-order valence-corrected chi connectivity index (χ2v) is 15.5. The molecule has 0 saturated carbocycles. The molecule has 0 radical (unpaired) electrons. The molecule has 3 aromatic carbocycles. The third kappa shape index (κ3) is 12.3. The first-order valence-electron chi connectivity index (χ1n) is 17.1. The van der Waals surface area contributed by atoms with Crippen molar-refractivity contribution in [1.82, 2.24) is 9.57 Å². The van der Waals surface area contributed by atoms with E-state index in [0.29, 0.717) is 44.3 Å². The van der Waals surface area contributed by atoms with Crippen LogP contribution in [0.5, 0.6) is 0 Å². The summed E-state index contributed by atoms with van der Waals surface area (Å²) in [5.74, 6) is -3.23. The number of aliphatic carboxylic acids is 2. The topological polar surface area (TPSA) is 249 Å². The van der Waals surface area contributed by atoms with Crippen LogP contribution in [0.1, 0.15) is 49.3 Å². The molecule has 0 aliphatic carbocycles. The van der Waals surface area contributed by atoms with E-state index in [-0.39, 0.29) is 30.6 Å². The van der Waals surface area contributed by atoms with Crippen LogP contribution in [0, 0.1) is 0 Å². The highest BCUT2D eigenvalue weighted by atomic mass is 31.2. The number of likely N-dealkylation sites (tertiary alicyclic amines) is 1. The first kappa shape index (κ1) is 41.4. The summed E-state index contributed by atoms with van der Waals surface area (Å²) in [6, 6.07) is 23.3. The highest BCUT2D eigenvalue weighted by Gasteiger charge is 2.48. The Balaban J connectivity index is 0.000000521. The molecule has 2 amide bonds. The van der Waals surface area contributed by atoms with Crippen molar-refractivity contribution in [2.75, 3.05) is 13.1 Å². The van der Waals surface area contributed by atoms with E-state index < -0.39 is 49.3 Å². The molecule has 0 spiro atoms. The zero-order valence-electron chi connectivity index (χ0n) is 29.4. The van der Waals surface area contributed by atoms with Crippen LogP contribution in [0.25, 0.3) is 0 Å². The minimum Gasteiger partial charge on any atom is -0.480 e. The lowest BCUT2D eigenvalue weighted by Crippen LogP contribution is -2.54. The Kier molecular flexibility index (Phi) is 16.0. The van der Waals surface area contributed by atoms with Crippen LogP contribution < -0.4 is 22.9 Å². The van der Waals surface area contributed by atoms with Gasteiger partial charge in [-0.25, -0.2) is 4.79 Å². The summed E-state index contributed by atoms with van der Waals surface area (Å²) in [5, 5.41) is 18.9. The normalized spacial score (nSPS) is 15.7. The fourth-order valence-electron chi connectivity index (χ4n) is 5.99. The van der Waals surface area contributed by atoms with Gasteiger partial charge in [-0.1, -0.05) is 91.0 Å². The lowest BCUT2D eigenvalue weighted by atomic mass is 10.1. The van der Waals surface area contributed by atoms with Crippen molar-refractivity contribution < 1.29 is 34.0 Å². The number of carboxylic acids is 2. The number of aliphatic imine (C=N–C) groups is 1. The molecule has 4 atom stereocenters. The Morgan fingerprint density at radius 3 is 1.79 bits per heavy atom. The Morgan fingerprint density at radius 1 is 0.846 bits per heavy atom. The van der Waals surface area contributed by atoms with Crippen LogP contribution in [-0.4, -0.2) is 86.8 Å². The predicted octanol–water partition coefficient (Wildman–Crippen LogP) is 2.98. The smallest absolute Gasteiger partial charge is 0.327 e. The number of guanidine groups is 1. The Morgan fingerprint density at radius 2 is 1.35 bits per heavy atom. The summed E-state index contributed by atoms with van der Waals surface area (Å²) in [4.78, 5) is 55.7. The van der Waals surface area contributed by atoms with Crippen molar-refractivity contribution in [2.45, 2.75) is 75.5 Å². The molecule has 1 saturated heterocycles. The quantitative estimate of drug-likeness (QED) is 0.0540. The van der Waals surface area contributed by atoms with Gasteiger partial charge in [-0.3, -0.25) is 28.6 Å². The Labute approximate surface area is 304 Å². The predicted molar refractivity (Wildman–Crippen MR) is 200 cm³/mol. The zero-order chi connectivity index (χ0) is 38.3. The molecule has 280 valence electrons. The first-order chi connectivity index (χ1) is 24.7. The van der Waals surface area contributed by atoms with Gasteiger partial charge in [0.05, 0.1) is 6.04 Å². The van der Waals surface area contributed by atoms with Crippen LogP contribution in [0.4, 0.5) is 0 Å². The lowest BCUT2D eigenvalue weighted by Gasteiger charge is -2.39. The van der Waals surface area contributed by atoms with Crippen molar-refractivity contribution in [3.8, 4) is 0 Å². The van der Waals surface area contributed by atoms with Crippen LogP contribution in [0.3, 0.4) is 0 Å². The third-order valence-electron chi connectivity index (χ3n) is 8.51. The van der Waals surface area contributed by atoms with E-state index in [1.54, 1.807) is 31.2 Å². The molecule has 0 unspecified atom stereocenters. The van der Waals surface area contributed by atoms with E-state index in [4.69, 9.17) is 28.0 Å². The number of carbonyl (C=O) groups is 4. The number of nitrogens with zero attached hydrogens (tertiary/aromatic N) is 3. The molecule has 1 aliphatic rings. The number of hydrogen-bond donors (Lipinski definition) is 6. The van der Waals surface area contributed by atoms with Gasteiger partial charge in [0.2, 0.25) is 5.91 Å². The lowest BCUT2D eigenvalue weighted by molar-refractivity contribution is -0.149. The van der Waals surface area contributed by atoms with E-state index in [9.17, 15) is 24.3 Å². The van der Waals surface area contributed by atoms with Crippen molar-refractivity contribution in [1.29, 1.82) is 0 Å². The third-order valence-corrected chi connectivity index (χ3v) is 11.5. The van der Waals surface area contributed by atoms with Gasteiger partial charge in [0.25, 0.3) is 5.91 Å². The van der Waals surface area contributed by atoms with E-state index in [2.05, 4.69) is 4.99 Å². The summed E-state index contributed by atoms with van der Waals surface area (Å²) in [6.07, 6.45) is 1.85. The van der Waals surface area contributed by atoms with E-state index in [0.717, 1.165) is 15.8 Å². The Hall–Kier alpha value is -5.04. The maximum absolute atomic E-state index is 15.3. The van der Waals surface area contributed by atoms with Gasteiger partial charge >= 0.3 is 11.9 Å². The molecular formula is C37H50N7O7P. The molecule has 0 bridgehead atoms. The molecule has 0 aromatic heterocycles. The average Bonchev–Trinajstić information content (AvgIpc) is 3.61. The maximum atomic E-state index is 15.3. The van der Waals surface area contributed by atoms with Crippen LogP contribution in [-0.2, 0) is 42.5 Å². The summed E-state index contributed by atoms with van der Waals surface area (Å²) in [7, 11) is -3.78. The average molecular weight is 736 g/mol. The molecule has 3 aromatic rings. The summed E-state index contributed by atoms with van der Waals surface area (Å²) in [6.45, 7) is 2.32. The maximum Gasteiger partial charge on any atom is 0.327 e. The SMILES string of the molecule is C[C@H](N)C(=O)N1CCC[C@H]1C(=O)N([C@@H](Cc1ccccc1)C(=O)O)P(=O)(Cc1ccccc1)Cc1ccccc1.NC(N)=NCCC[C@H](N)C(=O)O. The monoisotopic (exact) mass is 735 g/mol. The number of carboxylic acid groups (broad SMARTS) is 2. The van der Waals surface area contributed by atoms with Crippen molar-refractivity contribution in [2.24, 2.45) is 27.9 Å². The molecule has 1 aliphatic heterocycles. The van der Waals surface area contributed by atoms with E-state index in [1.165, 1.54) is 4.90 Å². The molecule has 14 nitrogen and oxygen atoms in total. The van der Waals surface area contributed by atoms with Gasteiger partial charge < -0.3 is 38.0 Å². The minimum absolute atomic E-state index is 0.000994. The van der Waals surface area contributed by atoms with Crippen LogP contribution in [0.15, 0.2) is 96.0 Å². The number of rotatable bonds is 16. The van der Waals surface area contributed by atoms with Crippen LogP contribution in [0.2, 0.25) is 0 Å². The van der Waals surface area contributed by atoms with Crippen molar-refractivity contribution in [3.05, 3.63) is 108 Å². The van der Waals surface area contributed by atoms with Gasteiger partial charge in [-0.05, 0) is 49.3 Å². The second kappa shape index (κ2) is 20.1.